The van der Waals surface area contributed by atoms with Crippen LogP contribution in [-0.2, 0) is 0 Å². The summed E-state index contributed by atoms with van der Waals surface area (Å²) in [4.78, 5) is 27.2. The fraction of sp³-hybridized carbons (Fsp3) is 0.208. The van der Waals surface area contributed by atoms with E-state index in [-0.39, 0.29) is 11.5 Å². The molecule has 32 heavy (non-hydrogen) atoms. The summed E-state index contributed by atoms with van der Waals surface area (Å²) in [6.45, 7) is 1.81. The summed E-state index contributed by atoms with van der Waals surface area (Å²) in [5.41, 5.74) is 3.14. The maximum Gasteiger partial charge on any atom is 0.264 e. The van der Waals surface area contributed by atoms with Crippen LogP contribution in [0, 0.1) is 0 Å². The SMILES string of the molecule is O=C(Nc1cccnc1)c1cc(N2CCCC2)cc2[nH]c(-c3ccccc3C(F)F)nc12. The molecular weight excluding hydrogens is 412 g/mol. The summed E-state index contributed by atoms with van der Waals surface area (Å²) in [5.74, 6) is -0.0193. The Kier molecular flexibility index (Phi) is 5.26. The summed E-state index contributed by atoms with van der Waals surface area (Å²) in [7, 11) is 0. The van der Waals surface area contributed by atoms with Crippen LogP contribution >= 0.6 is 0 Å². The Balaban J connectivity index is 1.63. The number of carbonyl (C=O) groups is 1. The first-order chi connectivity index (χ1) is 15.6. The first-order valence-corrected chi connectivity index (χ1v) is 10.5. The molecule has 3 heterocycles. The van der Waals surface area contributed by atoms with Crippen molar-refractivity contribution in [3.05, 3.63) is 72.1 Å². The molecule has 2 aromatic carbocycles. The summed E-state index contributed by atoms with van der Waals surface area (Å²) < 4.78 is 27.1. The lowest BCUT2D eigenvalue weighted by Gasteiger charge is -2.18. The molecule has 0 radical (unpaired) electrons. The smallest absolute Gasteiger partial charge is 0.264 e. The van der Waals surface area contributed by atoms with Crippen molar-refractivity contribution in [3.8, 4) is 11.4 Å². The number of nitrogens with zero attached hydrogens (tertiary/aromatic N) is 3. The molecular formula is C24H21F2N5O. The number of nitrogens with one attached hydrogen (secondary N) is 2. The van der Waals surface area contributed by atoms with Crippen molar-refractivity contribution in [2.45, 2.75) is 19.3 Å². The Labute approximate surface area is 183 Å². The van der Waals surface area contributed by atoms with Crippen LogP contribution < -0.4 is 10.2 Å². The maximum atomic E-state index is 13.6. The summed E-state index contributed by atoms with van der Waals surface area (Å²) in [5, 5.41) is 2.85. The molecule has 2 aromatic heterocycles. The number of anilines is 2. The van der Waals surface area contributed by atoms with Crippen molar-refractivity contribution in [3.63, 3.8) is 0 Å². The fourth-order valence-electron chi connectivity index (χ4n) is 4.10. The van der Waals surface area contributed by atoms with Gasteiger partial charge in [-0.15, -0.1) is 0 Å². The molecule has 5 rings (SSSR count). The van der Waals surface area contributed by atoms with Crippen LogP contribution in [0.3, 0.4) is 0 Å². The average Bonchev–Trinajstić information content (AvgIpc) is 3.49. The highest BCUT2D eigenvalue weighted by atomic mass is 19.3. The van der Waals surface area contributed by atoms with Gasteiger partial charge in [0.2, 0.25) is 0 Å². The number of hydrogen-bond acceptors (Lipinski definition) is 4. The van der Waals surface area contributed by atoms with Crippen molar-refractivity contribution in [1.82, 2.24) is 15.0 Å². The number of aromatic nitrogens is 3. The molecule has 0 aliphatic carbocycles. The second kappa shape index (κ2) is 8.37. The lowest BCUT2D eigenvalue weighted by Crippen LogP contribution is -2.19. The van der Waals surface area contributed by atoms with Gasteiger partial charge in [0, 0.05) is 36.1 Å². The largest absolute Gasteiger partial charge is 0.371 e. The van der Waals surface area contributed by atoms with Gasteiger partial charge in [-0.25, -0.2) is 13.8 Å². The van der Waals surface area contributed by atoms with Crippen LogP contribution in [0.15, 0.2) is 60.9 Å². The van der Waals surface area contributed by atoms with Gasteiger partial charge in [0.1, 0.15) is 11.3 Å². The number of rotatable bonds is 5. The van der Waals surface area contributed by atoms with Crippen molar-refractivity contribution in [2.24, 2.45) is 0 Å². The van der Waals surface area contributed by atoms with Crippen molar-refractivity contribution < 1.29 is 13.6 Å². The normalized spacial score (nSPS) is 13.8. The van der Waals surface area contributed by atoms with Gasteiger partial charge in [-0.3, -0.25) is 9.78 Å². The lowest BCUT2D eigenvalue weighted by atomic mass is 10.1. The molecule has 1 fully saturated rings. The van der Waals surface area contributed by atoms with E-state index in [1.165, 1.54) is 6.07 Å². The number of pyridine rings is 1. The van der Waals surface area contributed by atoms with Crippen LogP contribution in [0.4, 0.5) is 20.2 Å². The van der Waals surface area contributed by atoms with E-state index < -0.39 is 6.43 Å². The number of imidazole rings is 1. The van der Waals surface area contributed by atoms with Gasteiger partial charge in [-0.2, -0.15) is 0 Å². The van der Waals surface area contributed by atoms with Crippen LogP contribution in [0.2, 0.25) is 0 Å². The van der Waals surface area contributed by atoms with E-state index in [9.17, 15) is 13.6 Å². The number of carbonyl (C=O) groups excluding carboxylic acids is 1. The number of halogens is 2. The predicted molar refractivity (Wildman–Crippen MR) is 120 cm³/mol. The number of aromatic amines is 1. The van der Waals surface area contributed by atoms with E-state index in [1.54, 1.807) is 42.7 Å². The minimum absolute atomic E-state index is 0.104. The summed E-state index contributed by atoms with van der Waals surface area (Å²) in [6.07, 6.45) is 2.74. The molecule has 0 saturated carbocycles. The molecule has 2 N–H and O–H groups in total. The molecule has 0 atom stereocenters. The van der Waals surface area contributed by atoms with Gasteiger partial charge in [0.05, 0.1) is 23.0 Å². The lowest BCUT2D eigenvalue weighted by molar-refractivity contribution is 0.102. The van der Waals surface area contributed by atoms with Gasteiger partial charge < -0.3 is 15.2 Å². The zero-order valence-electron chi connectivity index (χ0n) is 17.2. The van der Waals surface area contributed by atoms with Crippen LogP contribution in [-0.4, -0.2) is 33.9 Å². The number of amides is 1. The van der Waals surface area contributed by atoms with Gasteiger partial charge >= 0.3 is 0 Å². The maximum absolute atomic E-state index is 13.6. The third kappa shape index (κ3) is 3.79. The first-order valence-electron chi connectivity index (χ1n) is 10.5. The Morgan fingerprint density at radius 2 is 1.91 bits per heavy atom. The predicted octanol–water partition coefficient (Wildman–Crippen LogP) is 5.42. The van der Waals surface area contributed by atoms with Crippen molar-refractivity contribution in [2.75, 3.05) is 23.3 Å². The highest BCUT2D eigenvalue weighted by Crippen LogP contribution is 2.33. The molecule has 1 aliphatic rings. The molecule has 0 bridgehead atoms. The van der Waals surface area contributed by atoms with E-state index in [2.05, 4.69) is 25.2 Å². The monoisotopic (exact) mass is 433 g/mol. The molecule has 0 spiro atoms. The van der Waals surface area contributed by atoms with E-state index in [0.29, 0.717) is 33.7 Å². The van der Waals surface area contributed by atoms with Gasteiger partial charge in [-0.1, -0.05) is 24.3 Å². The molecule has 1 amide bonds. The summed E-state index contributed by atoms with van der Waals surface area (Å²) in [6, 6.07) is 13.5. The Morgan fingerprint density at radius 3 is 2.66 bits per heavy atom. The molecule has 162 valence electrons. The number of alkyl halides is 2. The number of H-pyrrole nitrogens is 1. The number of fused-ring (bicyclic) bond motifs is 1. The minimum Gasteiger partial charge on any atom is -0.371 e. The number of benzene rings is 2. The summed E-state index contributed by atoms with van der Waals surface area (Å²) >= 11 is 0. The van der Waals surface area contributed by atoms with Gasteiger partial charge in [0.25, 0.3) is 12.3 Å². The zero-order valence-corrected chi connectivity index (χ0v) is 17.2. The van der Waals surface area contributed by atoms with E-state index in [4.69, 9.17) is 0 Å². The molecule has 1 saturated heterocycles. The second-order valence-corrected chi connectivity index (χ2v) is 7.75. The van der Waals surface area contributed by atoms with E-state index >= 15 is 0 Å². The van der Waals surface area contributed by atoms with Crippen LogP contribution in [0.25, 0.3) is 22.4 Å². The first kappa shape index (κ1) is 20.1. The quantitative estimate of drug-likeness (QED) is 0.441. The third-order valence-corrected chi connectivity index (χ3v) is 5.66. The molecule has 1 aliphatic heterocycles. The topological polar surface area (TPSA) is 73.9 Å². The standard InChI is InChI=1S/C24H21F2N5O/c25-22(26)17-7-1-2-8-18(17)23-29-20-13-16(31-10-3-4-11-31)12-19(21(20)30-23)24(32)28-15-6-5-9-27-14-15/h1-2,5-9,12-14,22H,3-4,10-11H2,(H,28,32)(H,29,30). The molecule has 0 unspecified atom stereocenters. The van der Waals surface area contributed by atoms with Gasteiger partial charge in [0.15, 0.2) is 0 Å². The number of hydrogen-bond donors (Lipinski definition) is 2. The van der Waals surface area contributed by atoms with Crippen molar-refractivity contribution >= 4 is 28.3 Å². The van der Waals surface area contributed by atoms with E-state index in [1.807, 2.05) is 12.1 Å². The zero-order chi connectivity index (χ0) is 22.1. The van der Waals surface area contributed by atoms with Crippen molar-refractivity contribution in [1.29, 1.82) is 0 Å². The Morgan fingerprint density at radius 1 is 1.09 bits per heavy atom. The Bertz CT molecular complexity index is 1270. The Hall–Kier alpha value is -3.81. The van der Waals surface area contributed by atoms with Gasteiger partial charge in [-0.05, 0) is 37.1 Å². The fourth-order valence-corrected chi connectivity index (χ4v) is 4.10. The van der Waals surface area contributed by atoms with E-state index in [0.717, 1.165) is 31.6 Å². The highest BCUT2D eigenvalue weighted by molar-refractivity contribution is 6.12. The molecule has 6 nitrogen and oxygen atoms in total. The highest BCUT2D eigenvalue weighted by Gasteiger charge is 2.22. The molecule has 4 aromatic rings. The van der Waals surface area contributed by atoms with Crippen LogP contribution in [0.1, 0.15) is 35.2 Å². The molecule has 8 heteroatoms. The second-order valence-electron chi connectivity index (χ2n) is 7.75. The average molecular weight is 433 g/mol. The minimum atomic E-state index is -2.63. The van der Waals surface area contributed by atoms with Crippen LogP contribution in [0.5, 0.6) is 0 Å². The third-order valence-electron chi connectivity index (χ3n) is 5.66.